The molecule has 3 nitrogen and oxygen atoms in total. The molecule has 3 heteroatoms. The van der Waals surface area contributed by atoms with Crippen molar-refractivity contribution in [3.05, 3.63) is 17.2 Å². The van der Waals surface area contributed by atoms with Crippen LogP contribution >= 0.6 is 0 Å². The average molecular weight is 233 g/mol. The summed E-state index contributed by atoms with van der Waals surface area (Å²) in [5, 5.41) is 0. The number of hydrogen-bond donors (Lipinski definition) is 0. The van der Waals surface area contributed by atoms with Crippen LogP contribution in [0.4, 0.5) is 0 Å². The largest absolute Gasteiger partial charge is 0.330 e. The molecule has 3 rings (SSSR count). The normalized spacial score (nSPS) is 24.8. The average Bonchev–Trinajstić information content (AvgIpc) is 2.66. The van der Waals surface area contributed by atoms with Crippen LogP contribution in [0.1, 0.15) is 44.4 Å². The van der Waals surface area contributed by atoms with E-state index in [9.17, 15) is 0 Å². The van der Waals surface area contributed by atoms with Gasteiger partial charge in [0.1, 0.15) is 5.82 Å². The Bertz CT molecular complexity index is 419. The summed E-state index contributed by atoms with van der Waals surface area (Å²) in [6.07, 6.45) is 3.63. The Morgan fingerprint density at radius 2 is 2.12 bits per heavy atom. The van der Waals surface area contributed by atoms with Crippen LogP contribution in [-0.2, 0) is 25.9 Å². The van der Waals surface area contributed by atoms with Gasteiger partial charge in [0.05, 0.1) is 11.4 Å². The van der Waals surface area contributed by atoms with E-state index in [-0.39, 0.29) is 0 Å². The summed E-state index contributed by atoms with van der Waals surface area (Å²) >= 11 is 0. The fourth-order valence-corrected chi connectivity index (χ4v) is 3.12. The van der Waals surface area contributed by atoms with Crippen molar-refractivity contribution in [2.75, 3.05) is 6.54 Å². The van der Waals surface area contributed by atoms with Gasteiger partial charge in [-0.05, 0) is 26.2 Å². The number of aryl methyl sites for hydroxylation is 1. The summed E-state index contributed by atoms with van der Waals surface area (Å²) in [6.45, 7) is 10.4. The lowest BCUT2D eigenvalue weighted by Crippen LogP contribution is -2.37. The van der Waals surface area contributed by atoms with Gasteiger partial charge >= 0.3 is 0 Å². The third-order valence-electron chi connectivity index (χ3n) is 4.31. The second-order valence-corrected chi connectivity index (χ2v) is 5.99. The van der Waals surface area contributed by atoms with Crippen molar-refractivity contribution in [2.24, 2.45) is 5.92 Å². The second kappa shape index (κ2) is 4.13. The number of fused-ring (bicyclic) bond motifs is 3. The molecule has 1 atom stereocenters. The molecule has 0 saturated carbocycles. The van der Waals surface area contributed by atoms with Crippen molar-refractivity contribution in [3.8, 4) is 0 Å². The number of rotatable bonds is 1. The van der Waals surface area contributed by atoms with E-state index in [4.69, 9.17) is 4.98 Å². The third kappa shape index (κ3) is 1.90. The Balaban J connectivity index is 1.93. The molecule has 2 aliphatic heterocycles. The van der Waals surface area contributed by atoms with E-state index in [1.54, 1.807) is 0 Å². The first-order chi connectivity index (χ1) is 8.15. The number of imidazole rings is 1. The molecule has 0 spiro atoms. The van der Waals surface area contributed by atoms with Crippen LogP contribution < -0.4 is 0 Å². The van der Waals surface area contributed by atoms with E-state index in [2.05, 4.69) is 30.2 Å². The summed E-state index contributed by atoms with van der Waals surface area (Å²) < 4.78 is 2.51. The van der Waals surface area contributed by atoms with Gasteiger partial charge in [-0.3, -0.25) is 4.90 Å². The molecule has 0 radical (unpaired) electrons. The van der Waals surface area contributed by atoms with Gasteiger partial charge in [0.15, 0.2) is 0 Å². The first-order valence-corrected chi connectivity index (χ1v) is 6.96. The minimum absolute atomic E-state index is 0.648. The van der Waals surface area contributed by atoms with Gasteiger partial charge < -0.3 is 4.57 Å². The molecule has 3 heterocycles. The Kier molecular flexibility index (Phi) is 2.74. The summed E-state index contributed by atoms with van der Waals surface area (Å²) in [5.74, 6) is 2.16. The lowest BCUT2D eigenvalue weighted by molar-refractivity contribution is 0.194. The first-order valence-electron chi connectivity index (χ1n) is 6.96. The van der Waals surface area contributed by atoms with E-state index in [0.717, 1.165) is 18.9 Å². The SMILES string of the molecule is CC1CCc2nc3c(n2C1)CN(C(C)C)CC3. The Morgan fingerprint density at radius 1 is 1.29 bits per heavy atom. The quantitative estimate of drug-likeness (QED) is 0.741. The highest BCUT2D eigenvalue weighted by Crippen LogP contribution is 2.27. The molecular formula is C14H23N3. The number of aromatic nitrogens is 2. The van der Waals surface area contributed by atoms with Crippen molar-refractivity contribution in [3.63, 3.8) is 0 Å². The lowest BCUT2D eigenvalue weighted by Gasteiger charge is -2.31. The molecule has 0 aliphatic carbocycles. The lowest BCUT2D eigenvalue weighted by atomic mass is 10.0. The zero-order valence-electron chi connectivity index (χ0n) is 11.2. The van der Waals surface area contributed by atoms with Crippen molar-refractivity contribution in [1.29, 1.82) is 0 Å². The summed E-state index contributed by atoms with van der Waals surface area (Å²) in [5.41, 5.74) is 2.89. The molecule has 0 bridgehead atoms. The molecule has 1 aromatic rings. The predicted molar refractivity (Wildman–Crippen MR) is 69.0 cm³/mol. The van der Waals surface area contributed by atoms with Crippen LogP contribution in [-0.4, -0.2) is 27.0 Å². The van der Waals surface area contributed by atoms with Crippen LogP contribution in [0.15, 0.2) is 0 Å². The Labute approximate surface area is 104 Å². The molecule has 0 saturated heterocycles. The molecule has 94 valence electrons. The van der Waals surface area contributed by atoms with Gasteiger partial charge in [0, 0.05) is 38.5 Å². The maximum absolute atomic E-state index is 4.86. The van der Waals surface area contributed by atoms with Gasteiger partial charge in [-0.1, -0.05) is 6.92 Å². The summed E-state index contributed by atoms with van der Waals surface area (Å²) in [4.78, 5) is 7.42. The number of hydrogen-bond acceptors (Lipinski definition) is 2. The molecular weight excluding hydrogens is 210 g/mol. The minimum atomic E-state index is 0.648. The minimum Gasteiger partial charge on any atom is -0.330 e. The fraction of sp³-hybridized carbons (Fsp3) is 0.786. The fourth-order valence-electron chi connectivity index (χ4n) is 3.12. The first kappa shape index (κ1) is 11.3. The van der Waals surface area contributed by atoms with E-state index in [1.165, 1.54) is 43.1 Å². The highest BCUT2D eigenvalue weighted by Gasteiger charge is 2.27. The smallest absolute Gasteiger partial charge is 0.109 e. The monoisotopic (exact) mass is 233 g/mol. The second-order valence-electron chi connectivity index (χ2n) is 5.99. The van der Waals surface area contributed by atoms with Crippen LogP contribution in [0.5, 0.6) is 0 Å². The molecule has 17 heavy (non-hydrogen) atoms. The van der Waals surface area contributed by atoms with E-state index in [0.29, 0.717) is 6.04 Å². The molecule has 0 fully saturated rings. The van der Waals surface area contributed by atoms with Crippen LogP contribution in [0, 0.1) is 5.92 Å². The molecule has 0 N–H and O–H groups in total. The van der Waals surface area contributed by atoms with Crippen molar-refractivity contribution in [2.45, 2.75) is 59.2 Å². The predicted octanol–water partition coefficient (Wildman–Crippen LogP) is 2.23. The van der Waals surface area contributed by atoms with Gasteiger partial charge in [0.2, 0.25) is 0 Å². The van der Waals surface area contributed by atoms with E-state index >= 15 is 0 Å². The van der Waals surface area contributed by atoms with Gasteiger partial charge in [-0.15, -0.1) is 0 Å². The van der Waals surface area contributed by atoms with Crippen molar-refractivity contribution in [1.82, 2.24) is 14.5 Å². The highest BCUT2D eigenvalue weighted by atomic mass is 15.2. The maximum atomic E-state index is 4.86. The van der Waals surface area contributed by atoms with E-state index in [1.807, 2.05) is 0 Å². The summed E-state index contributed by atoms with van der Waals surface area (Å²) in [7, 11) is 0. The third-order valence-corrected chi connectivity index (χ3v) is 4.31. The molecule has 1 aromatic heterocycles. The van der Waals surface area contributed by atoms with Crippen molar-refractivity contribution >= 4 is 0 Å². The zero-order valence-corrected chi connectivity index (χ0v) is 11.2. The molecule has 2 aliphatic rings. The maximum Gasteiger partial charge on any atom is 0.109 e. The van der Waals surface area contributed by atoms with Gasteiger partial charge in [-0.2, -0.15) is 0 Å². The Hall–Kier alpha value is -0.830. The topological polar surface area (TPSA) is 21.1 Å². The zero-order chi connectivity index (χ0) is 12.0. The standard InChI is InChI=1S/C14H23N3/c1-10(2)16-7-6-12-13(9-16)17-8-11(3)4-5-14(17)15-12/h10-11H,4-9H2,1-3H3. The van der Waals surface area contributed by atoms with Gasteiger partial charge in [-0.25, -0.2) is 4.98 Å². The Morgan fingerprint density at radius 3 is 2.88 bits per heavy atom. The molecule has 0 aromatic carbocycles. The molecule has 0 amide bonds. The van der Waals surface area contributed by atoms with Crippen LogP contribution in [0.25, 0.3) is 0 Å². The molecule has 1 unspecified atom stereocenters. The van der Waals surface area contributed by atoms with Crippen LogP contribution in [0.3, 0.4) is 0 Å². The summed E-state index contributed by atoms with van der Waals surface area (Å²) in [6, 6.07) is 0.648. The highest BCUT2D eigenvalue weighted by molar-refractivity contribution is 5.21. The van der Waals surface area contributed by atoms with Crippen LogP contribution in [0.2, 0.25) is 0 Å². The number of nitrogens with zero attached hydrogens (tertiary/aromatic N) is 3. The van der Waals surface area contributed by atoms with Gasteiger partial charge in [0.25, 0.3) is 0 Å². The van der Waals surface area contributed by atoms with E-state index < -0.39 is 0 Å². The van der Waals surface area contributed by atoms with Crippen molar-refractivity contribution < 1.29 is 0 Å².